The molecule has 0 bridgehead atoms. The van der Waals surface area contributed by atoms with Gasteiger partial charge in [0.05, 0.1) is 4.92 Å². The van der Waals surface area contributed by atoms with Crippen molar-refractivity contribution >= 4 is 11.4 Å². The number of nitro benzene ring substituents is 1. The van der Waals surface area contributed by atoms with Gasteiger partial charge in [-0.3, -0.25) is 10.1 Å². The van der Waals surface area contributed by atoms with E-state index in [-0.39, 0.29) is 10.6 Å². The maximum absolute atomic E-state index is 10.6. The Balaban J connectivity index is 2.86. The van der Waals surface area contributed by atoms with Crippen molar-refractivity contribution in [1.29, 1.82) is 0 Å². The second-order valence-corrected chi connectivity index (χ2v) is 3.82. The number of hydrogen-bond donors (Lipinski definition) is 0. The van der Waals surface area contributed by atoms with Crippen molar-refractivity contribution in [1.82, 2.24) is 0 Å². The quantitative estimate of drug-likeness (QED) is 0.438. The van der Waals surface area contributed by atoms with Gasteiger partial charge >= 0.3 is 0 Å². The third kappa shape index (κ3) is 4.05. The predicted octanol–water partition coefficient (Wildman–Crippen LogP) is 3.55. The number of nitrogens with zero attached hydrogens (tertiary/aromatic N) is 2. The number of hydrogen-bond acceptors (Lipinski definition) is 3. The molecule has 0 N–H and O–H groups in total. The molecule has 0 atom stereocenters. The van der Waals surface area contributed by atoms with Crippen LogP contribution in [0.3, 0.4) is 0 Å². The number of nitro groups is 1. The first-order valence-electron chi connectivity index (χ1n) is 5.90. The minimum Gasteiger partial charge on any atom is -0.364 e. The molecule has 1 aromatic rings. The van der Waals surface area contributed by atoms with Crippen molar-refractivity contribution in [2.24, 2.45) is 0 Å². The van der Waals surface area contributed by atoms with E-state index in [1.54, 1.807) is 12.1 Å². The number of benzene rings is 1. The second-order valence-electron chi connectivity index (χ2n) is 3.82. The van der Waals surface area contributed by atoms with Crippen LogP contribution in [-0.4, -0.2) is 18.0 Å². The second kappa shape index (κ2) is 7.27. The van der Waals surface area contributed by atoms with E-state index in [4.69, 9.17) is 0 Å². The normalized spacial score (nSPS) is 11.2. The van der Waals surface area contributed by atoms with Crippen molar-refractivity contribution < 1.29 is 4.92 Å². The van der Waals surface area contributed by atoms with Crippen molar-refractivity contribution in [2.45, 2.75) is 13.8 Å². The topological polar surface area (TPSA) is 46.4 Å². The van der Waals surface area contributed by atoms with Crippen LogP contribution in [0.4, 0.5) is 11.4 Å². The maximum Gasteiger partial charge on any atom is 0.269 e. The van der Waals surface area contributed by atoms with Gasteiger partial charge in [0.1, 0.15) is 0 Å². The minimum atomic E-state index is -0.383. The van der Waals surface area contributed by atoms with Crippen LogP contribution in [0.25, 0.3) is 0 Å². The molecule has 0 aliphatic carbocycles. The van der Waals surface area contributed by atoms with Crippen LogP contribution in [0, 0.1) is 10.1 Å². The first kappa shape index (κ1) is 14.0. The minimum absolute atomic E-state index is 0.121. The highest BCUT2D eigenvalue weighted by atomic mass is 16.6. The van der Waals surface area contributed by atoms with E-state index in [1.165, 1.54) is 12.1 Å². The molecule has 0 saturated carbocycles. The summed E-state index contributed by atoms with van der Waals surface area (Å²) < 4.78 is 0. The van der Waals surface area contributed by atoms with Gasteiger partial charge in [0.25, 0.3) is 5.69 Å². The van der Waals surface area contributed by atoms with Gasteiger partial charge in [0, 0.05) is 30.9 Å². The van der Waals surface area contributed by atoms with E-state index in [0.29, 0.717) is 0 Å². The number of rotatable bonds is 6. The molecule has 0 aromatic heterocycles. The van der Waals surface area contributed by atoms with E-state index in [0.717, 1.165) is 18.8 Å². The lowest BCUT2D eigenvalue weighted by atomic mass is 10.2. The van der Waals surface area contributed by atoms with E-state index < -0.39 is 0 Å². The molecular weight excluding hydrogens is 228 g/mol. The molecule has 0 radical (unpaired) electrons. The van der Waals surface area contributed by atoms with Crippen LogP contribution >= 0.6 is 0 Å². The van der Waals surface area contributed by atoms with E-state index in [2.05, 4.69) is 17.1 Å². The standard InChI is InChI=1S/C14H18N2O2/c1-3-5-11-15(12-6-4-2)13-7-9-14(10-8-13)16(17)18/h3-10H,11-12H2,1-2H3/b5-3+,6-4+. The average molecular weight is 246 g/mol. The Morgan fingerprint density at radius 2 is 1.61 bits per heavy atom. The molecule has 0 heterocycles. The van der Waals surface area contributed by atoms with Crippen LogP contribution in [0.2, 0.25) is 0 Å². The van der Waals surface area contributed by atoms with Crippen LogP contribution in [0.5, 0.6) is 0 Å². The Morgan fingerprint density at radius 3 is 2.00 bits per heavy atom. The first-order chi connectivity index (χ1) is 8.69. The van der Waals surface area contributed by atoms with E-state index in [1.807, 2.05) is 26.0 Å². The third-order valence-electron chi connectivity index (χ3n) is 2.55. The predicted molar refractivity (Wildman–Crippen MR) is 74.9 cm³/mol. The van der Waals surface area contributed by atoms with Crippen LogP contribution in [-0.2, 0) is 0 Å². The highest BCUT2D eigenvalue weighted by Crippen LogP contribution is 2.19. The Labute approximate surface area is 107 Å². The third-order valence-corrected chi connectivity index (χ3v) is 2.55. The average Bonchev–Trinajstić information content (AvgIpc) is 2.39. The molecular formula is C14H18N2O2. The molecule has 0 unspecified atom stereocenters. The summed E-state index contributed by atoms with van der Waals surface area (Å²) in [5.41, 5.74) is 1.10. The zero-order chi connectivity index (χ0) is 13.4. The van der Waals surface area contributed by atoms with Crippen molar-refractivity contribution in [3.8, 4) is 0 Å². The molecule has 4 heteroatoms. The van der Waals surface area contributed by atoms with Crippen LogP contribution in [0.1, 0.15) is 13.8 Å². The molecule has 0 amide bonds. The highest BCUT2D eigenvalue weighted by molar-refractivity contribution is 5.51. The van der Waals surface area contributed by atoms with E-state index >= 15 is 0 Å². The molecule has 0 aliphatic heterocycles. The van der Waals surface area contributed by atoms with Gasteiger partial charge in [0.2, 0.25) is 0 Å². The fourth-order valence-electron chi connectivity index (χ4n) is 1.54. The number of non-ortho nitro benzene ring substituents is 1. The summed E-state index contributed by atoms with van der Waals surface area (Å²) in [6, 6.07) is 6.64. The SMILES string of the molecule is C/C=C/CN(C/C=C/C)c1ccc([N+](=O)[O-])cc1. The van der Waals surface area contributed by atoms with E-state index in [9.17, 15) is 10.1 Å². The van der Waals surface area contributed by atoms with Crippen molar-refractivity contribution in [2.75, 3.05) is 18.0 Å². The Hall–Kier alpha value is -2.10. The summed E-state index contributed by atoms with van der Waals surface area (Å²) in [6.45, 7) is 5.53. The Morgan fingerprint density at radius 1 is 1.11 bits per heavy atom. The maximum atomic E-state index is 10.6. The summed E-state index contributed by atoms with van der Waals surface area (Å²) >= 11 is 0. The number of anilines is 1. The lowest BCUT2D eigenvalue weighted by molar-refractivity contribution is -0.384. The summed E-state index contributed by atoms with van der Waals surface area (Å²) in [5.74, 6) is 0. The Kier molecular flexibility index (Phi) is 5.64. The molecule has 0 spiro atoms. The highest BCUT2D eigenvalue weighted by Gasteiger charge is 2.07. The lowest BCUT2D eigenvalue weighted by Gasteiger charge is -2.21. The zero-order valence-electron chi connectivity index (χ0n) is 10.7. The van der Waals surface area contributed by atoms with Gasteiger partial charge < -0.3 is 4.90 Å². The molecule has 0 aliphatic rings. The first-order valence-corrected chi connectivity index (χ1v) is 5.90. The Bertz CT molecular complexity index is 422. The monoisotopic (exact) mass is 246 g/mol. The molecule has 96 valence electrons. The smallest absolute Gasteiger partial charge is 0.269 e. The summed E-state index contributed by atoms with van der Waals surface area (Å²) in [7, 11) is 0. The summed E-state index contributed by atoms with van der Waals surface area (Å²) in [5, 5.41) is 10.6. The fraction of sp³-hybridized carbons (Fsp3) is 0.286. The van der Waals surface area contributed by atoms with Crippen molar-refractivity contribution in [3.05, 3.63) is 58.7 Å². The molecule has 0 fully saturated rings. The molecule has 0 saturated heterocycles. The van der Waals surface area contributed by atoms with Gasteiger partial charge in [-0.2, -0.15) is 0 Å². The van der Waals surface area contributed by atoms with Crippen LogP contribution < -0.4 is 4.90 Å². The zero-order valence-corrected chi connectivity index (χ0v) is 10.7. The van der Waals surface area contributed by atoms with Gasteiger partial charge in [-0.1, -0.05) is 24.3 Å². The van der Waals surface area contributed by atoms with Gasteiger partial charge in [-0.25, -0.2) is 0 Å². The largest absolute Gasteiger partial charge is 0.364 e. The number of allylic oxidation sites excluding steroid dienone is 2. The summed E-state index contributed by atoms with van der Waals surface area (Å²) in [4.78, 5) is 12.4. The summed E-state index contributed by atoms with van der Waals surface area (Å²) in [6.07, 6.45) is 8.11. The molecule has 1 rings (SSSR count). The van der Waals surface area contributed by atoms with Gasteiger partial charge in [-0.15, -0.1) is 0 Å². The molecule has 1 aromatic carbocycles. The van der Waals surface area contributed by atoms with Gasteiger partial charge in [-0.05, 0) is 26.0 Å². The molecule has 4 nitrogen and oxygen atoms in total. The van der Waals surface area contributed by atoms with Gasteiger partial charge in [0.15, 0.2) is 0 Å². The fourth-order valence-corrected chi connectivity index (χ4v) is 1.54. The van der Waals surface area contributed by atoms with Crippen LogP contribution in [0.15, 0.2) is 48.6 Å². The molecule has 18 heavy (non-hydrogen) atoms. The van der Waals surface area contributed by atoms with Crippen molar-refractivity contribution in [3.63, 3.8) is 0 Å². The lowest BCUT2D eigenvalue weighted by Crippen LogP contribution is -2.23.